The van der Waals surface area contributed by atoms with Crippen LogP contribution in [0.3, 0.4) is 0 Å². The number of carbonyl (C=O) groups is 5. The van der Waals surface area contributed by atoms with E-state index < -0.39 is 63.9 Å². The molecule has 0 aromatic rings. The van der Waals surface area contributed by atoms with Crippen molar-refractivity contribution in [1.29, 1.82) is 0 Å². The number of cyclic esters (lactones) is 1. The lowest BCUT2D eigenvalue weighted by molar-refractivity contribution is -0.160. The topological polar surface area (TPSA) is 166 Å². The van der Waals surface area contributed by atoms with Crippen LogP contribution in [0.4, 0.5) is 0 Å². The van der Waals surface area contributed by atoms with Crippen molar-refractivity contribution in [2.24, 2.45) is 16.7 Å². The van der Waals surface area contributed by atoms with Crippen LogP contribution in [0.5, 0.6) is 0 Å². The Morgan fingerprint density at radius 3 is 2.47 bits per heavy atom. The largest absolute Gasteiger partial charge is 0.504 e. The Hall–Kier alpha value is -3.47. The molecule has 1 saturated heterocycles. The summed E-state index contributed by atoms with van der Waals surface area (Å²) in [5.41, 5.74) is -3.25. The van der Waals surface area contributed by atoms with E-state index in [4.69, 9.17) is 14.2 Å². The molecule has 0 aromatic carbocycles. The van der Waals surface area contributed by atoms with Gasteiger partial charge in [-0.05, 0) is 31.8 Å². The molecule has 0 aromatic heterocycles. The summed E-state index contributed by atoms with van der Waals surface area (Å²) >= 11 is 0. The van der Waals surface area contributed by atoms with Gasteiger partial charge in [0.2, 0.25) is 5.78 Å². The van der Waals surface area contributed by atoms with Crippen LogP contribution >= 0.6 is 0 Å². The van der Waals surface area contributed by atoms with Gasteiger partial charge in [-0.15, -0.1) is 0 Å². The fourth-order valence-corrected chi connectivity index (χ4v) is 6.85. The van der Waals surface area contributed by atoms with E-state index in [0.717, 1.165) is 0 Å². The number of rotatable bonds is 6. The number of Topliss-reactive ketones (excluding diaryl/α,β-unsaturated/α-hetero) is 2. The first-order valence-corrected chi connectivity index (χ1v) is 12.7. The predicted octanol–water partition coefficient (Wildman–Crippen LogP) is 1.67. The fraction of sp³-hybridized carbons (Fsp3) is 0.593. The summed E-state index contributed by atoms with van der Waals surface area (Å²) in [6.45, 7) is 4.57. The van der Waals surface area contributed by atoms with Gasteiger partial charge < -0.3 is 29.7 Å². The maximum Gasteiger partial charge on any atom is 0.340 e. The lowest BCUT2D eigenvalue weighted by atomic mass is 9.53. The molecule has 38 heavy (non-hydrogen) atoms. The number of carbonyl (C=O) groups excluding carboxylic acids is 4. The van der Waals surface area contributed by atoms with Crippen molar-refractivity contribution in [3.63, 3.8) is 0 Å². The van der Waals surface area contributed by atoms with Crippen LogP contribution in [0.1, 0.15) is 52.9 Å². The van der Waals surface area contributed by atoms with Crippen LogP contribution < -0.4 is 5.32 Å². The van der Waals surface area contributed by atoms with Crippen LogP contribution in [0, 0.1) is 16.7 Å². The zero-order valence-electron chi connectivity index (χ0n) is 21.7. The van der Waals surface area contributed by atoms with Gasteiger partial charge in [-0.25, -0.2) is 9.59 Å². The highest BCUT2D eigenvalue weighted by molar-refractivity contribution is 6.14. The van der Waals surface area contributed by atoms with Crippen LogP contribution in [0.2, 0.25) is 0 Å². The minimum Gasteiger partial charge on any atom is -0.504 e. The summed E-state index contributed by atoms with van der Waals surface area (Å²) in [6.07, 6.45) is 0.629. The third-order valence-corrected chi connectivity index (χ3v) is 9.07. The molecule has 5 rings (SSSR count). The lowest BCUT2D eigenvalue weighted by Crippen LogP contribution is -2.57. The first-order chi connectivity index (χ1) is 17.8. The number of aliphatic carboxylic acids is 1. The molecule has 0 spiro atoms. The fourth-order valence-electron chi connectivity index (χ4n) is 6.85. The number of hydrogen-bond donors (Lipinski definition) is 3. The number of hydrogen-bond acceptors (Lipinski definition) is 10. The standard InChI is InChI=1S/C27H31NO10/c1-12(29)37-15-9-25(2)14(5-6-16(25)30)18-20(15)26(3)17(11-36-4)38-23(33)13(19(26)22(32)21(18)31)10-28-27(7-8-27)24(34)35/h10,14-15,17,28,32H,5-9,11H2,1-4H3,(H,34,35)/b13-10-/t14-,15+,17+,25-,26-/m0/s1. The van der Waals surface area contributed by atoms with E-state index in [-0.39, 0.29) is 42.0 Å². The number of methoxy groups -OCH3 is 1. The Bertz CT molecular complexity index is 1270. The van der Waals surface area contributed by atoms with Crippen LogP contribution in [0.25, 0.3) is 0 Å². The number of aliphatic hydroxyl groups is 1. The number of esters is 2. The molecular weight excluding hydrogens is 498 g/mol. The number of nitrogens with one attached hydrogen (secondary N) is 1. The van der Waals surface area contributed by atoms with Gasteiger partial charge in [-0.3, -0.25) is 14.4 Å². The summed E-state index contributed by atoms with van der Waals surface area (Å²) in [6, 6.07) is 0. The molecule has 204 valence electrons. The van der Waals surface area contributed by atoms with Gasteiger partial charge in [0.1, 0.15) is 23.5 Å². The number of carboxylic acids is 1. The van der Waals surface area contributed by atoms with Crippen molar-refractivity contribution in [1.82, 2.24) is 5.32 Å². The van der Waals surface area contributed by atoms with Crippen molar-refractivity contribution in [3.05, 3.63) is 34.3 Å². The summed E-state index contributed by atoms with van der Waals surface area (Å²) in [4.78, 5) is 64.0. The summed E-state index contributed by atoms with van der Waals surface area (Å²) in [5, 5.41) is 23.8. The maximum absolute atomic E-state index is 13.9. The minimum atomic E-state index is -1.38. The van der Waals surface area contributed by atoms with Gasteiger partial charge in [-0.2, -0.15) is 0 Å². The van der Waals surface area contributed by atoms with Gasteiger partial charge in [0.05, 0.1) is 17.6 Å². The number of fused-ring (bicyclic) bond motifs is 4. The molecule has 3 fully saturated rings. The average Bonchev–Trinajstić information content (AvgIpc) is 3.57. The van der Waals surface area contributed by atoms with Crippen molar-refractivity contribution in [3.8, 4) is 0 Å². The van der Waals surface area contributed by atoms with E-state index in [0.29, 0.717) is 24.8 Å². The Balaban J connectivity index is 1.73. The molecule has 11 nitrogen and oxygen atoms in total. The smallest absolute Gasteiger partial charge is 0.340 e. The van der Waals surface area contributed by atoms with Crippen molar-refractivity contribution in [2.45, 2.75) is 70.6 Å². The third kappa shape index (κ3) is 3.47. The van der Waals surface area contributed by atoms with E-state index >= 15 is 0 Å². The molecule has 2 saturated carbocycles. The van der Waals surface area contributed by atoms with Gasteiger partial charge in [-0.1, -0.05) is 6.92 Å². The second-order valence-corrected chi connectivity index (χ2v) is 11.3. The maximum atomic E-state index is 13.9. The van der Waals surface area contributed by atoms with E-state index in [9.17, 15) is 34.2 Å². The first kappa shape index (κ1) is 26.1. The number of aliphatic hydroxyl groups excluding tert-OH is 1. The highest BCUT2D eigenvalue weighted by Crippen LogP contribution is 2.62. The Labute approximate surface area is 218 Å². The second-order valence-electron chi connectivity index (χ2n) is 11.3. The molecular formula is C27H31NO10. The summed E-state index contributed by atoms with van der Waals surface area (Å²) in [5.74, 6) is -4.55. The number of ketones is 2. The molecule has 4 aliphatic carbocycles. The second kappa shape index (κ2) is 8.52. The molecule has 0 amide bonds. The molecule has 1 heterocycles. The highest BCUT2D eigenvalue weighted by atomic mass is 16.6. The molecule has 11 heteroatoms. The van der Waals surface area contributed by atoms with Crippen molar-refractivity contribution < 1.29 is 48.4 Å². The Morgan fingerprint density at radius 2 is 1.89 bits per heavy atom. The van der Waals surface area contributed by atoms with Crippen LogP contribution in [-0.2, 0) is 38.2 Å². The predicted molar refractivity (Wildman–Crippen MR) is 128 cm³/mol. The minimum absolute atomic E-state index is 0.0432. The number of ether oxygens (including phenoxy) is 3. The lowest BCUT2D eigenvalue weighted by Gasteiger charge is -2.53. The van der Waals surface area contributed by atoms with Gasteiger partial charge >= 0.3 is 17.9 Å². The quantitative estimate of drug-likeness (QED) is 0.338. The van der Waals surface area contributed by atoms with Crippen molar-refractivity contribution in [2.75, 3.05) is 13.7 Å². The molecule has 0 radical (unpaired) electrons. The van der Waals surface area contributed by atoms with Crippen LogP contribution in [-0.4, -0.2) is 71.2 Å². The molecule has 5 atom stereocenters. The SMILES string of the molecule is COC[C@H]1OC(=O)/C(=C\NC2(C(=O)O)CC2)C2=C(O)C(=O)C3=C([C@H](OC(C)=O)C[C@]4(C)C(=O)CC[C@@H]34)[C@]21C. The molecule has 0 bridgehead atoms. The Kier molecular flexibility index (Phi) is 5.86. The van der Waals surface area contributed by atoms with E-state index in [1.165, 1.54) is 20.2 Å². The normalized spacial score (nSPS) is 36.4. The molecule has 3 N–H and O–H groups in total. The van der Waals surface area contributed by atoms with E-state index in [1.54, 1.807) is 13.8 Å². The number of carboxylic acid groups (broad SMARTS) is 1. The Morgan fingerprint density at radius 1 is 1.21 bits per heavy atom. The first-order valence-electron chi connectivity index (χ1n) is 12.7. The van der Waals surface area contributed by atoms with E-state index in [2.05, 4.69) is 5.32 Å². The zero-order valence-corrected chi connectivity index (χ0v) is 21.7. The molecule has 5 aliphatic rings. The van der Waals surface area contributed by atoms with Crippen molar-refractivity contribution >= 4 is 29.5 Å². The average molecular weight is 530 g/mol. The summed E-state index contributed by atoms with van der Waals surface area (Å²) < 4.78 is 16.9. The van der Waals surface area contributed by atoms with Gasteiger partial charge in [0, 0.05) is 55.6 Å². The summed E-state index contributed by atoms with van der Waals surface area (Å²) in [7, 11) is 1.41. The number of allylic oxidation sites excluding steroid dienone is 1. The van der Waals surface area contributed by atoms with E-state index in [1.807, 2.05) is 0 Å². The van der Waals surface area contributed by atoms with Gasteiger partial charge in [0.25, 0.3) is 0 Å². The zero-order chi connectivity index (χ0) is 27.8. The highest BCUT2D eigenvalue weighted by Gasteiger charge is 2.64. The van der Waals surface area contributed by atoms with Crippen LogP contribution in [0.15, 0.2) is 34.3 Å². The molecule has 1 aliphatic heterocycles. The molecule has 0 unspecified atom stereocenters. The van der Waals surface area contributed by atoms with Gasteiger partial charge in [0.15, 0.2) is 5.76 Å². The third-order valence-electron chi connectivity index (χ3n) is 9.07. The monoisotopic (exact) mass is 529 g/mol.